The van der Waals surface area contributed by atoms with Crippen LogP contribution in [0.5, 0.6) is 0 Å². The van der Waals surface area contributed by atoms with Gasteiger partial charge in [0.15, 0.2) is 0 Å². The summed E-state index contributed by atoms with van der Waals surface area (Å²) in [7, 11) is 0. The summed E-state index contributed by atoms with van der Waals surface area (Å²) in [4.78, 5) is 2.26. The number of hydrogen-bond acceptors (Lipinski definition) is 5. The number of fused-ring (bicyclic) bond motifs is 1. The predicted octanol–water partition coefficient (Wildman–Crippen LogP) is 3.38. The van der Waals surface area contributed by atoms with E-state index in [0.29, 0.717) is 6.54 Å². The average molecular weight is 340 g/mol. The lowest BCUT2D eigenvalue weighted by molar-refractivity contribution is 0.136. The predicted molar refractivity (Wildman–Crippen MR) is 95.4 cm³/mol. The summed E-state index contributed by atoms with van der Waals surface area (Å²) in [5.74, 6) is 2.00. The highest BCUT2D eigenvalue weighted by Gasteiger charge is 2.33. The van der Waals surface area contributed by atoms with Crippen molar-refractivity contribution >= 4 is 11.0 Å². The minimum atomic E-state index is -0.350. The van der Waals surface area contributed by atoms with Crippen molar-refractivity contribution in [3.05, 3.63) is 52.6 Å². The maximum Gasteiger partial charge on any atom is 0.137 e. The molecule has 0 aliphatic carbocycles. The van der Waals surface area contributed by atoms with E-state index in [1.165, 1.54) is 16.5 Å². The zero-order valence-corrected chi connectivity index (χ0v) is 15.0. The first kappa shape index (κ1) is 16.4. The van der Waals surface area contributed by atoms with Gasteiger partial charge in [-0.1, -0.05) is 16.8 Å². The molecule has 2 atom stereocenters. The van der Waals surface area contributed by atoms with Gasteiger partial charge >= 0.3 is 0 Å². The van der Waals surface area contributed by atoms with Crippen molar-refractivity contribution in [2.45, 2.75) is 39.8 Å². The molecule has 1 fully saturated rings. The molecule has 0 unspecified atom stereocenters. The molecule has 3 heterocycles. The topological polar surface area (TPSA) is 62.6 Å². The first-order valence-corrected chi connectivity index (χ1v) is 8.81. The van der Waals surface area contributed by atoms with Gasteiger partial charge < -0.3 is 14.0 Å². The van der Waals surface area contributed by atoms with Crippen molar-refractivity contribution < 1.29 is 14.0 Å². The highest BCUT2D eigenvalue weighted by molar-refractivity contribution is 5.82. The Morgan fingerprint density at radius 2 is 2.04 bits per heavy atom. The van der Waals surface area contributed by atoms with Crippen molar-refractivity contribution in [3.8, 4) is 0 Å². The molecule has 1 aliphatic rings. The first-order valence-electron chi connectivity index (χ1n) is 8.81. The molecular weight excluding hydrogens is 316 g/mol. The maximum absolute atomic E-state index is 10.4. The minimum absolute atomic E-state index is 0.166. The number of β-amino-alcohol motifs (C(OH)–C–C–N with tert-alkyl or cyclic N) is 1. The SMILES string of the molecule is Cc1ccc2oc(CN3C[C@@H](Cc4cc(C)no4)[C@@H](O)C3)c(C)c2c1. The molecule has 1 aliphatic heterocycles. The molecule has 5 heteroatoms. The Bertz CT molecular complexity index is 896. The summed E-state index contributed by atoms with van der Waals surface area (Å²) in [6.45, 7) is 8.34. The summed E-state index contributed by atoms with van der Waals surface area (Å²) in [6, 6.07) is 8.23. The van der Waals surface area contributed by atoms with Gasteiger partial charge in [-0.15, -0.1) is 0 Å². The Morgan fingerprint density at radius 3 is 2.80 bits per heavy atom. The molecule has 1 N–H and O–H groups in total. The van der Waals surface area contributed by atoms with Gasteiger partial charge in [0.05, 0.1) is 18.3 Å². The summed E-state index contributed by atoms with van der Waals surface area (Å²) < 4.78 is 11.4. The highest BCUT2D eigenvalue weighted by Crippen LogP contribution is 2.29. The number of aryl methyl sites for hydroxylation is 3. The molecule has 0 amide bonds. The number of furan rings is 1. The molecule has 1 aromatic carbocycles. The van der Waals surface area contributed by atoms with Crippen LogP contribution < -0.4 is 0 Å². The van der Waals surface area contributed by atoms with E-state index in [4.69, 9.17) is 8.94 Å². The molecule has 0 saturated carbocycles. The van der Waals surface area contributed by atoms with Crippen LogP contribution >= 0.6 is 0 Å². The van der Waals surface area contributed by atoms with Crippen LogP contribution in [-0.4, -0.2) is 34.4 Å². The molecule has 25 heavy (non-hydrogen) atoms. The Hall–Kier alpha value is -2.11. The van der Waals surface area contributed by atoms with Crippen LogP contribution in [0.3, 0.4) is 0 Å². The third-order valence-electron chi connectivity index (χ3n) is 5.18. The van der Waals surface area contributed by atoms with Crippen LogP contribution in [0.15, 0.2) is 33.2 Å². The normalized spacial score (nSPS) is 21.4. The maximum atomic E-state index is 10.4. The van der Waals surface area contributed by atoms with Gasteiger partial charge in [-0.05, 0) is 38.5 Å². The average Bonchev–Trinajstić information content (AvgIpc) is 3.21. The molecule has 0 spiro atoms. The van der Waals surface area contributed by atoms with Gasteiger partial charge in [-0.25, -0.2) is 0 Å². The van der Waals surface area contributed by atoms with Crippen molar-refractivity contribution in [2.24, 2.45) is 5.92 Å². The van der Waals surface area contributed by atoms with Crippen molar-refractivity contribution in [3.63, 3.8) is 0 Å². The van der Waals surface area contributed by atoms with Crippen molar-refractivity contribution in [2.75, 3.05) is 13.1 Å². The summed E-state index contributed by atoms with van der Waals surface area (Å²) in [6.07, 6.45) is 0.369. The van der Waals surface area contributed by atoms with Gasteiger partial charge in [0.25, 0.3) is 0 Å². The summed E-state index contributed by atoms with van der Waals surface area (Å²) in [5, 5.41) is 15.5. The third kappa shape index (κ3) is 3.22. The lowest BCUT2D eigenvalue weighted by Crippen LogP contribution is -2.21. The fourth-order valence-electron chi connectivity index (χ4n) is 3.78. The Morgan fingerprint density at radius 1 is 1.20 bits per heavy atom. The molecule has 0 bridgehead atoms. The number of nitrogens with zero attached hydrogens (tertiary/aromatic N) is 2. The van der Waals surface area contributed by atoms with Crippen LogP contribution in [0.1, 0.15) is 28.3 Å². The Balaban J connectivity index is 1.47. The van der Waals surface area contributed by atoms with Crippen molar-refractivity contribution in [1.29, 1.82) is 0 Å². The van der Waals surface area contributed by atoms with Gasteiger partial charge in [-0.2, -0.15) is 0 Å². The van der Waals surface area contributed by atoms with E-state index in [2.05, 4.69) is 36.0 Å². The van der Waals surface area contributed by atoms with Gasteiger partial charge in [0, 0.05) is 36.9 Å². The number of hydrogen-bond donors (Lipinski definition) is 1. The largest absolute Gasteiger partial charge is 0.459 e. The van der Waals surface area contributed by atoms with E-state index < -0.39 is 0 Å². The van der Waals surface area contributed by atoms with Gasteiger partial charge in [-0.3, -0.25) is 4.90 Å². The Kier molecular flexibility index (Phi) is 4.13. The fraction of sp³-hybridized carbons (Fsp3) is 0.450. The minimum Gasteiger partial charge on any atom is -0.459 e. The first-order chi connectivity index (χ1) is 12.0. The second-order valence-corrected chi connectivity index (χ2v) is 7.31. The lowest BCUT2D eigenvalue weighted by Gasteiger charge is -2.14. The third-order valence-corrected chi connectivity index (χ3v) is 5.18. The van der Waals surface area contributed by atoms with Gasteiger partial charge in [0.2, 0.25) is 0 Å². The van der Waals surface area contributed by atoms with Crippen LogP contribution in [0, 0.1) is 26.7 Å². The van der Waals surface area contributed by atoms with Crippen LogP contribution in [0.4, 0.5) is 0 Å². The van der Waals surface area contributed by atoms with E-state index in [1.54, 1.807) is 0 Å². The molecular formula is C20H24N2O3. The summed E-state index contributed by atoms with van der Waals surface area (Å²) in [5.41, 5.74) is 4.25. The van der Waals surface area contributed by atoms with E-state index in [9.17, 15) is 5.11 Å². The highest BCUT2D eigenvalue weighted by atomic mass is 16.5. The van der Waals surface area contributed by atoms with Crippen LogP contribution in [0.2, 0.25) is 0 Å². The molecule has 2 aromatic heterocycles. The lowest BCUT2D eigenvalue weighted by atomic mass is 10.0. The monoisotopic (exact) mass is 340 g/mol. The molecule has 0 radical (unpaired) electrons. The zero-order chi connectivity index (χ0) is 17.6. The number of aliphatic hydroxyl groups excluding tert-OH is 1. The number of aliphatic hydroxyl groups is 1. The molecule has 3 aromatic rings. The fourth-order valence-corrected chi connectivity index (χ4v) is 3.78. The van der Waals surface area contributed by atoms with Crippen LogP contribution in [-0.2, 0) is 13.0 Å². The second kappa shape index (κ2) is 6.32. The number of rotatable bonds is 4. The number of benzene rings is 1. The van der Waals surface area contributed by atoms with E-state index in [1.807, 2.05) is 19.1 Å². The molecule has 1 saturated heterocycles. The second-order valence-electron chi connectivity index (χ2n) is 7.31. The van der Waals surface area contributed by atoms with Gasteiger partial charge in [0.1, 0.15) is 17.1 Å². The number of likely N-dealkylation sites (tertiary alicyclic amines) is 1. The standard InChI is InChI=1S/C20H24N2O3/c1-12-4-5-19-17(6-12)14(3)20(24-19)11-22-9-15(18(23)10-22)8-16-7-13(2)21-25-16/h4-7,15,18,23H,8-11H2,1-3H3/t15-,18+/m1/s1. The zero-order valence-electron chi connectivity index (χ0n) is 15.0. The smallest absolute Gasteiger partial charge is 0.137 e. The van der Waals surface area contributed by atoms with E-state index in [-0.39, 0.29) is 12.0 Å². The Labute approximate surface area is 147 Å². The summed E-state index contributed by atoms with van der Waals surface area (Å²) >= 11 is 0. The van der Waals surface area contributed by atoms with E-state index >= 15 is 0 Å². The molecule has 132 valence electrons. The molecule has 4 rings (SSSR count). The number of aromatic nitrogens is 1. The molecule has 5 nitrogen and oxygen atoms in total. The van der Waals surface area contributed by atoms with Crippen LogP contribution in [0.25, 0.3) is 11.0 Å². The quantitative estimate of drug-likeness (QED) is 0.789. The van der Waals surface area contributed by atoms with E-state index in [0.717, 1.165) is 42.3 Å². The van der Waals surface area contributed by atoms with Crippen molar-refractivity contribution in [1.82, 2.24) is 10.1 Å².